The number of benzene rings is 1. The Morgan fingerprint density at radius 1 is 1.19 bits per heavy atom. The highest BCUT2D eigenvalue weighted by atomic mass is 16.1. The molecular weight excluding hydrogens is 262 g/mol. The molecule has 1 saturated carbocycles. The zero-order valence-corrected chi connectivity index (χ0v) is 12.7. The monoisotopic (exact) mass is 285 g/mol. The van der Waals surface area contributed by atoms with E-state index in [9.17, 15) is 4.79 Å². The molecule has 0 bridgehead atoms. The Kier molecular flexibility index (Phi) is 4.34. The minimum Gasteiger partial charge on any atom is -0.284 e. The quantitative estimate of drug-likeness (QED) is 0.814. The summed E-state index contributed by atoms with van der Waals surface area (Å²) >= 11 is 0. The second-order valence-corrected chi connectivity index (χ2v) is 6.08. The topological polar surface area (TPSA) is 38.1 Å². The highest BCUT2D eigenvalue weighted by Crippen LogP contribution is 2.21. The van der Waals surface area contributed by atoms with E-state index in [-0.39, 0.29) is 5.56 Å². The summed E-state index contributed by atoms with van der Waals surface area (Å²) in [6.07, 6.45) is 9.55. The van der Waals surface area contributed by atoms with Crippen molar-refractivity contribution in [3.63, 3.8) is 0 Å². The van der Waals surface area contributed by atoms with Crippen LogP contribution in [0.2, 0.25) is 0 Å². The molecule has 1 aliphatic rings. The van der Waals surface area contributed by atoms with E-state index in [1.165, 1.54) is 38.5 Å². The van der Waals surface area contributed by atoms with Crippen LogP contribution in [0, 0.1) is 0 Å². The zero-order valence-electron chi connectivity index (χ0n) is 12.7. The van der Waals surface area contributed by atoms with Crippen LogP contribution in [0.15, 0.2) is 35.3 Å². The molecular formula is C17H23N3O. The first-order chi connectivity index (χ1) is 10.3. The van der Waals surface area contributed by atoms with Gasteiger partial charge in [-0.05, 0) is 26.0 Å². The number of hydrogen-bond acceptors (Lipinski definition) is 3. The summed E-state index contributed by atoms with van der Waals surface area (Å²) in [4.78, 5) is 14.8. The Labute approximate surface area is 125 Å². The first-order valence-electron chi connectivity index (χ1n) is 7.91. The predicted octanol–water partition coefficient (Wildman–Crippen LogP) is 3.01. The van der Waals surface area contributed by atoms with Gasteiger partial charge in [0, 0.05) is 11.4 Å². The van der Waals surface area contributed by atoms with E-state index in [1.54, 1.807) is 10.9 Å². The van der Waals surface area contributed by atoms with Gasteiger partial charge in [0.2, 0.25) is 0 Å². The van der Waals surface area contributed by atoms with Crippen molar-refractivity contribution in [2.75, 3.05) is 7.05 Å². The first kappa shape index (κ1) is 14.3. The highest BCUT2D eigenvalue weighted by Gasteiger charge is 2.17. The van der Waals surface area contributed by atoms with Crippen LogP contribution in [0.3, 0.4) is 0 Å². The third-order valence-corrected chi connectivity index (χ3v) is 4.57. The molecule has 0 radical (unpaired) electrons. The van der Waals surface area contributed by atoms with Crippen molar-refractivity contribution in [2.24, 2.45) is 0 Å². The lowest BCUT2D eigenvalue weighted by molar-refractivity contribution is 0.164. The minimum atomic E-state index is 0.00794. The summed E-state index contributed by atoms with van der Waals surface area (Å²) in [5.41, 5.74) is 0.00794. The summed E-state index contributed by atoms with van der Waals surface area (Å²) < 4.78 is 1.59. The first-order valence-corrected chi connectivity index (χ1v) is 7.91. The Morgan fingerprint density at radius 3 is 2.67 bits per heavy atom. The summed E-state index contributed by atoms with van der Waals surface area (Å²) in [5.74, 6) is 0. The molecule has 0 amide bonds. The maximum Gasteiger partial charge on any atom is 0.275 e. The minimum absolute atomic E-state index is 0.00794. The van der Waals surface area contributed by atoms with Gasteiger partial charge in [0.25, 0.3) is 5.56 Å². The lowest BCUT2D eigenvalue weighted by atomic mass is 10.1. The van der Waals surface area contributed by atoms with Gasteiger partial charge >= 0.3 is 0 Å². The van der Waals surface area contributed by atoms with Gasteiger partial charge in [-0.3, -0.25) is 9.69 Å². The fourth-order valence-corrected chi connectivity index (χ4v) is 3.25. The summed E-state index contributed by atoms with van der Waals surface area (Å²) in [7, 11) is 2.11. The molecule has 0 N–H and O–H groups in total. The molecule has 1 fully saturated rings. The number of nitrogens with zero attached hydrogens (tertiary/aromatic N) is 3. The van der Waals surface area contributed by atoms with Crippen LogP contribution in [-0.2, 0) is 6.67 Å². The molecule has 2 aromatic rings. The van der Waals surface area contributed by atoms with Gasteiger partial charge in [0.05, 0.1) is 18.3 Å². The SMILES string of the molecule is CN(Cn1ncc2ccccc2c1=O)C1CCCCCC1. The molecule has 4 nitrogen and oxygen atoms in total. The van der Waals surface area contributed by atoms with Crippen LogP contribution in [0.4, 0.5) is 0 Å². The Balaban J connectivity index is 1.80. The fourth-order valence-electron chi connectivity index (χ4n) is 3.25. The zero-order chi connectivity index (χ0) is 14.7. The van der Waals surface area contributed by atoms with E-state index in [4.69, 9.17) is 0 Å². The van der Waals surface area contributed by atoms with Crippen molar-refractivity contribution in [3.8, 4) is 0 Å². The normalized spacial score (nSPS) is 17.2. The standard InChI is InChI=1S/C17H23N3O/c1-19(15-9-4-2-3-5-10-15)13-20-17(21)16-11-7-6-8-14(16)12-18-20/h6-8,11-12,15H,2-5,9-10,13H2,1H3. The largest absolute Gasteiger partial charge is 0.284 e. The van der Waals surface area contributed by atoms with Crippen molar-refractivity contribution < 1.29 is 0 Å². The van der Waals surface area contributed by atoms with Crippen LogP contribution < -0.4 is 5.56 Å². The van der Waals surface area contributed by atoms with Crippen molar-refractivity contribution in [1.82, 2.24) is 14.7 Å². The van der Waals surface area contributed by atoms with E-state index >= 15 is 0 Å². The summed E-state index contributed by atoms with van der Waals surface area (Å²) in [6, 6.07) is 8.23. The van der Waals surface area contributed by atoms with E-state index in [0.717, 1.165) is 10.8 Å². The molecule has 0 saturated heterocycles. The number of aromatic nitrogens is 2. The van der Waals surface area contributed by atoms with E-state index in [1.807, 2.05) is 24.3 Å². The molecule has 0 unspecified atom stereocenters. The molecule has 1 aromatic heterocycles. The second-order valence-electron chi connectivity index (χ2n) is 6.08. The predicted molar refractivity (Wildman–Crippen MR) is 85.3 cm³/mol. The highest BCUT2D eigenvalue weighted by molar-refractivity contribution is 5.80. The van der Waals surface area contributed by atoms with E-state index in [0.29, 0.717) is 12.7 Å². The van der Waals surface area contributed by atoms with Gasteiger partial charge < -0.3 is 0 Å². The van der Waals surface area contributed by atoms with Crippen LogP contribution in [-0.4, -0.2) is 27.8 Å². The summed E-state index contributed by atoms with van der Waals surface area (Å²) in [6.45, 7) is 0.578. The average molecular weight is 285 g/mol. The Morgan fingerprint density at radius 2 is 1.90 bits per heavy atom. The summed E-state index contributed by atoms with van der Waals surface area (Å²) in [5, 5.41) is 5.99. The van der Waals surface area contributed by atoms with Crippen LogP contribution in [0.25, 0.3) is 10.8 Å². The Hall–Kier alpha value is -1.68. The van der Waals surface area contributed by atoms with Gasteiger partial charge in [-0.25, -0.2) is 4.68 Å². The molecule has 112 valence electrons. The van der Waals surface area contributed by atoms with Crippen molar-refractivity contribution in [1.29, 1.82) is 0 Å². The third-order valence-electron chi connectivity index (χ3n) is 4.57. The van der Waals surface area contributed by atoms with E-state index < -0.39 is 0 Å². The lowest BCUT2D eigenvalue weighted by Gasteiger charge is -2.27. The van der Waals surface area contributed by atoms with Gasteiger partial charge in [-0.1, -0.05) is 43.9 Å². The molecule has 21 heavy (non-hydrogen) atoms. The van der Waals surface area contributed by atoms with Crippen molar-refractivity contribution >= 4 is 10.8 Å². The van der Waals surface area contributed by atoms with Crippen LogP contribution >= 0.6 is 0 Å². The Bertz CT molecular complexity index is 656. The second kappa shape index (κ2) is 6.39. The number of rotatable bonds is 3. The van der Waals surface area contributed by atoms with Gasteiger partial charge in [-0.15, -0.1) is 0 Å². The third kappa shape index (κ3) is 3.16. The van der Waals surface area contributed by atoms with Crippen LogP contribution in [0.1, 0.15) is 38.5 Å². The van der Waals surface area contributed by atoms with Gasteiger partial charge in [0.15, 0.2) is 0 Å². The molecule has 0 aliphatic heterocycles. The van der Waals surface area contributed by atoms with Crippen LogP contribution in [0.5, 0.6) is 0 Å². The molecule has 3 rings (SSSR count). The fraction of sp³-hybridized carbons (Fsp3) is 0.529. The molecule has 4 heteroatoms. The molecule has 1 aliphatic carbocycles. The van der Waals surface area contributed by atoms with Gasteiger partial charge in [-0.2, -0.15) is 5.10 Å². The number of hydrogen-bond donors (Lipinski definition) is 0. The lowest BCUT2D eigenvalue weighted by Crippen LogP contribution is -2.37. The molecule has 1 aromatic carbocycles. The molecule has 0 atom stereocenters. The smallest absolute Gasteiger partial charge is 0.275 e. The average Bonchev–Trinajstić information content (AvgIpc) is 2.79. The molecule has 0 spiro atoms. The van der Waals surface area contributed by atoms with Crippen molar-refractivity contribution in [2.45, 2.75) is 51.2 Å². The molecule has 1 heterocycles. The van der Waals surface area contributed by atoms with Gasteiger partial charge in [0.1, 0.15) is 0 Å². The maximum absolute atomic E-state index is 12.5. The van der Waals surface area contributed by atoms with Crippen molar-refractivity contribution in [3.05, 3.63) is 40.8 Å². The number of fused-ring (bicyclic) bond motifs is 1. The maximum atomic E-state index is 12.5. The van der Waals surface area contributed by atoms with E-state index in [2.05, 4.69) is 17.0 Å².